The van der Waals surface area contributed by atoms with Crippen LogP contribution in [0, 0.1) is 13.8 Å². The number of amides is 1. The molecule has 0 heterocycles. The van der Waals surface area contributed by atoms with E-state index in [4.69, 9.17) is 4.74 Å². The van der Waals surface area contributed by atoms with E-state index >= 15 is 0 Å². The number of anilines is 2. The molecule has 1 unspecified atom stereocenters. The molecule has 1 amide bonds. The van der Waals surface area contributed by atoms with Gasteiger partial charge in [0.05, 0.1) is 10.6 Å². The summed E-state index contributed by atoms with van der Waals surface area (Å²) in [5.41, 5.74) is 2.63. The van der Waals surface area contributed by atoms with Crippen molar-refractivity contribution in [2.24, 2.45) is 0 Å². The number of ether oxygens (including phenoxy) is 1. The maximum Gasteiger partial charge on any atom is 0.265 e. The molecule has 7 heteroatoms. The monoisotopic (exact) mass is 424 g/mol. The molecule has 156 valence electrons. The van der Waals surface area contributed by atoms with Crippen molar-refractivity contribution in [3.8, 4) is 5.75 Å². The number of benzene rings is 3. The molecule has 6 nitrogen and oxygen atoms in total. The van der Waals surface area contributed by atoms with Crippen molar-refractivity contribution in [2.75, 3.05) is 10.0 Å². The minimum Gasteiger partial charge on any atom is -0.481 e. The van der Waals surface area contributed by atoms with Crippen LogP contribution in [0.25, 0.3) is 0 Å². The second-order valence-electron chi connectivity index (χ2n) is 7.01. The predicted molar refractivity (Wildman–Crippen MR) is 118 cm³/mol. The predicted octanol–water partition coefficient (Wildman–Crippen LogP) is 4.51. The lowest BCUT2D eigenvalue weighted by Crippen LogP contribution is -2.30. The van der Waals surface area contributed by atoms with Crippen LogP contribution in [-0.2, 0) is 14.8 Å². The van der Waals surface area contributed by atoms with Crippen LogP contribution in [0.3, 0.4) is 0 Å². The minimum atomic E-state index is -3.73. The molecule has 30 heavy (non-hydrogen) atoms. The summed E-state index contributed by atoms with van der Waals surface area (Å²) in [4.78, 5) is 12.7. The number of rotatable bonds is 7. The van der Waals surface area contributed by atoms with E-state index in [1.54, 1.807) is 56.3 Å². The van der Waals surface area contributed by atoms with E-state index in [9.17, 15) is 13.2 Å². The highest BCUT2D eigenvalue weighted by Gasteiger charge is 2.18. The largest absolute Gasteiger partial charge is 0.481 e. The van der Waals surface area contributed by atoms with Gasteiger partial charge in [0.15, 0.2) is 6.10 Å². The normalized spacial score (nSPS) is 12.1. The number of nitrogens with one attached hydrogen (secondary N) is 2. The van der Waals surface area contributed by atoms with Crippen LogP contribution in [-0.4, -0.2) is 20.4 Å². The number of hydrogen-bond acceptors (Lipinski definition) is 4. The highest BCUT2D eigenvalue weighted by molar-refractivity contribution is 7.92. The average Bonchev–Trinajstić information content (AvgIpc) is 2.71. The molecular weight excluding hydrogens is 400 g/mol. The Kier molecular flexibility index (Phi) is 6.42. The first kappa shape index (κ1) is 21.4. The summed E-state index contributed by atoms with van der Waals surface area (Å²) in [7, 11) is -3.73. The Hall–Kier alpha value is -3.32. The lowest BCUT2D eigenvalue weighted by molar-refractivity contribution is -0.122. The molecule has 0 fully saturated rings. The van der Waals surface area contributed by atoms with Crippen LogP contribution in [0.5, 0.6) is 5.75 Å². The van der Waals surface area contributed by atoms with Gasteiger partial charge in [0.1, 0.15) is 5.75 Å². The quantitative estimate of drug-likeness (QED) is 0.584. The summed E-state index contributed by atoms with van der Waals surface area (Å²) in [6.45, 7) is 5.39. The molecule has 0 aliphatic heterocycles. The topological polar surface area (TPSA) is 84.5 Å². The van der Waals surface area contributed by atoms with E-state index in [1.807, 2.05) is 25.1 Å². The fraction of sp³-hybridized carbons (Fsp3) is 0.174. The van der Waals surface area contributed by atoms with Gasteiger partial charge in [-0.3, -0.25) is 9.52 Å². The van der Waals surface area contributed by atoms with Crippen molar-refractivity contribution in [1.29, 1.82) is 0 Å². The summed E-state index contributed by atoms with van der Waals surface area (Å²) in [5, 5.41) is 2.77. The molecule has 0 saturated carbocycles. The molecular formula is C23H24N2O4S. The number of sulfonamides is 1. The van der Waals surface area contributed by atoms with Gasteiger partial charge in [0.25, 0.3) is 15.9 Å². The third kappa shape index (κ3) is 5.39. The van der Waals surface area contributed by atoms with Gasteiger partial charge in [-0.15, -0.1) is 0 Å². The Morgan fingerprint density at radius 1 is 0.933 bits per heavy atom. The van der Waals surface area contributed by atoms with Gasteiger partial charge >= 0.3 is 0 Å². The van der Waals surface area contributed by atoms with Crippen molar-refractivity contribution in [3.63, 3.8) is 0 Å². The first-order valence-electron chi connectivity index (χ1n) is 9.47. The standard InChI is InChI=1S/C23H24N2O4S/c1-16-8-7-9-20(14-16)29-18(3)23(26)24-19-13-12-17(2)22(15-19)25-30(27,28)21-10-5-4-6-11-21/h4-15,18,25H,1-3H3,(H,24,26). The van der Waals surface area contributed by atoms with E-state index in [-0.39, 0.29) is 10.8 Å². The number of hydrogen-bond donors (Lipinski definition) is 2. The Balaban J connectivity index is 1.72. The summed E-state index contributed by atoms with van der Waals surface area (Å²) < 4.78 is 33.5. The zero-order chi connectivity index (χ0) is 21.7. The Morgan fingerprint density at radius 2 is 1.67 bits per heavy atom. The number of carbonyl (C=O) groups excluding carboxylic acids is 1. The van der Waals surface area contributed by atoms with Crippen LogP contribution < -0.4 is 14.8 Å². The van der Waals surface area contributed by atoms with Gasteiger partial charge in [-0.1, -0.05) is 36.4 Å². The molecule has 2 N–H and O–H groups in total. The van der Waals surface area contributed by atoms with Gasteiger partial charge in [-0.05, 0) is 68.3 Å². The molecule has 1 atom stereocenters. The zero-order valence-corrected chi connectivity index (χ0v) is 17.9. The van der Waals surface area contributed by atoms with Crippen molar-refractivity contribution >= 4 is 27.3 Å². The van der Waals surface area contributed by atoms with E-state index in [0.717, 1.165) is 11.1 Å². The first-order chi connectivity index (χ1) is 14.2. The maximum atomic E-state index is 12.6. The van der Waals surface area contributed by atoms with Crippen LogP contribution in [0.15, 0.2) is 77.7 Å². The molecule has 0 aliphatic rings. The molecule has 0 bridgehead atoms. The van der Waals surface area contributed by atoms with Crippen LogP contribution >= 0.6 is 0 Å². The van der Waals surface area contributed by atoms with Crippen molar-refractivity contribution < 1.29 is 17.9 Å². The first-order valence-corrected chi connectivity index (χ1v) is 11.0. The minimum absolute atomic E-state index is 0.166. The third-order valence-corrected chi connectivity index (χ3v) is 5.86. The van der Waals surface area contributed by atoms with Gasteiger partial charge in [0.2, 0.25) is 0 Å². The molecule has 3 aromatic carbocycles. The lowest BCUT2D eigenvalue weighted by Gasteiger charge is -2.16. The lowest BCUT2D eigenvalue weighted by atomic mass is 10.2. The summed E-state index contributed by atoms with van der Waals surface area (Å²) in [6, 6.07) is 20.6. The number of carbonyl (C=O) groups is 1. The smallest absolute Gasteiger partial charge is 0.265 e. The fourth-order valence-electron chi connectivity index (χ4n) is 2.80. The van der Waals surface area contributed by atoms with Crippen molar-refractivity contribution in [2.45, 2.75) is 31.8 Å². The van der Waals surface area contributed by atoms with Gasteiger partial charge < -0.3 is 10.1 Å². The van der Waals surface area contributed by atoms with E-state index in [2.05, 4.69) is 10.0 Å². The maximum absolute atomic E-state index is 12.6. The zero-order valence-electron chi connectivity index (χ0n) is 17.0. The SMILES string of the molecule is Cc1cccc(OC(C)C(=O)Nc2ccc(C)c(NS(=O)(=O)c3ccccc3)c2)c1. The molecule has 3 aromatic rings. The Bertz CT molecular complexity index is 1140. The highest BCUT2D eigenvalue weighted by Crippen LogP contribution is 2.24. The average molecular weight is 425 g/mol. The summed E-state index contributed by atoms with van der Waals surface area (Å²) in [6.07, 6.45) is -0.724. The molecule has 0 saturated heterocycles. The van der Waals surface area contributed by atoms with Crippen LogP contribution in [0.2, 0.25) is 0 Å². The molecule has 0 aliphatic carbocycles. The molecule has 0 radical (unpaired) electrons. The third-order valence-electron chi connectivity index (χ3n) is 4.47. The van der Waals surface area contributed by atoms with Gasteiger partial charge in [-0.25, -0.2) is 8.42 Å². The Labute approximate surface area is 177 Å². The second kappa shape index (κ2) is 9.00. The Morgan fingerprint density at radius 3 is 2.37 bits per heavy atom. The van der Waals surface area contributed by atoms with Gasteiger partial charge in [0, 0.05) is 5.69 Å². The van der Waals surface area contributed by atoms with Crippen molar-refractivity contribution in [1.82, 2.24) is 0 Å². The van der Waals surface area contributed by atoms with Crippen LogP contribution in [0.1, 0.15) is 18.1 Å². The molecule has 0 aromatic heterocycles. The fourth-order valence-corrected chi connectivity index (χ4v) is 3.95. The van der Waals surface area contributed by atoms with Crippen LogP contribution in [0.4, 0.5) is 11.4 Å². The van der Waals surface area contributed by atoms with E-state index in [0.29, 0.717) is 17.1 Å². The van der Waals surface area contributed by atoms with Crippen molar-refractivity contribution in [3.05, 3.63) is 83.9 Å². The molecule has 0 spiro atoms. The van der Waals surface area contributed by atoms with Gasteiger partial charge in [-0.2, -0.15) is 0 Å². The van der Waals surface area contributed by atoms with E-state index in [1.165, 1.54) is 12.1 Å². The second-order valence-corrected chi connectivity index (χ2v) is 8.70. The molecule has 3 rings (SSSR count). The summed E-state index contributed by atoms with van der Waals surface area (Å²) in [5.74, 6) is 0.273. The highest BCUT2D eigenvalue weighted by atomic mass is 32.2. The summed E-state index contributed by atoms with van der Waals surface area (Å²) >= 11 is 0. The van der Waals surface area contributed by atoms with E-state index < -0.39 is 16.1 Å². The number of aryl methyl sites for hydroxylation is 2.